The van der Waals surface area contributed by atoms with E-state index < -0.39 is 5.30 Å². The zero-order valence-electron chi connectivity index (χ0n) is 6.00. The van der Waals surface area contributed by atoms with E-state index >= 15 is 0 Å². The van der Waals surface area contributed by atoms with Crippen LogP contribution >= 0.6 is 21.6 Å². The molecule has 0 spiro atoms. The summed E-state index contributed by atoms with van der Waals surface area (Å²) in [5.41, 5.74) is 0. The van der Waals surface area contributed by atoms with Crippen molar-refractivity contribution in [2.75, 3.05) is 5.75 Å². The number of carbonyl (C=O) groups is 1. The van der Waals surface area contributed by atoms with E-state index in [9.17, 15) is 4.79 Å². The zero-order chi connectivity index (χ0) is 7.82. The van der Waals surface area contributed by atoms with E-state index in [0.29, 0.717) is 0 Å². The topological polar surface area (TPSA) is 37.3 Å². The van der Waals surface area contributed by atoms with Crippen molar-refractivity contribution in [2.24, 2.45) is 0 Å². The van der Waals surface area contributed by atoms with Gasteiger partial charge < -0.3 is 5.11 Å². The van der Waals surface area contributed by atoms with Gasteiger partial charge in [-0.3, -0.25) is 0 Å². The summed E-state index contributed by atoms with van der Waals surface area (Å²) in [6.45, 7) is 2.13. The van der Waals surface area contributed by atoms with Crippen molar-refractivity contribution in [1.29, 1.82) is 0 Å². The summed E-state index contributed by atoms with van der Waals surface area (Å²) in [6.07, 6.45) is 3.52. The number of unbranched alkanes of at least 4 members (excludes halogenated alkanes) is 2. The first-order valence-corrected chi connectivity index (χ1v) is 5.61. The summed E-state index contributed by atoms with van der Waals surface area (Å²) in [6, 6.07) is 0. The summed E-state index contributed by atoms with van der Waals surface area (Å²) in [5.74, 6) is 0.949. The summed E-state index contributed by atoms with van der Waals surface area (Å²) in [5, 5.41) is 7.42. The average Bonchev–Trinajstić information content (AvgIpc) is 1.87. The molecular weight excluding hydrogens is 168 g/mol. The molecule has 10 heavy (non-hydrogen) atoms. The molecular formula is C6H12O2S2. The Morgan fingerprint density at radius 3 is 2.70 bits per heavy atom. The molecule has 0 rings (SSSR count). The normalized spacial score (nSPS) is 9.70. The van der Waals surface area contributed by atoms with Gasteiger partial charge in [-0.05, 0) is 6.42 Å². The summed E-state index contributed by atoms with van der Waals surface area (Å²) in [4.78, 5) is 9.97. The van der Waals surface area contributed by atoms with E-state index in [1.54, 1.807) is 0 Å². The molecule has 0 atom stereocenters. The predicted octanol–water partition coefficient (Wildman–Crippen LogP) is 3.24. The summed E-state index contributed by atoms with van der Waals surface area (Å²) < 4.78 is 0. The third-order valence-electron chi connectivity index (χ3n) is 0.961. The van der Waals surface area contributed by atoms with Gasteiger partial charge in [-0.1, -0.05) is 30.6 Å². The maximum atomic E-state index is 9.97. The Labute approximate surface area is 69.2 Å². The first-order chi connectivity index (χ1) is 4.77. The van der Waals surface area contributed by atoms with Crippen molar-refractivity contribution in [2.45, 2.75) is 26.2 Å². The molecule has 0 amide bonds. The molecule has 0 fully saturated rings. The van der Waals surface area contributed by atoms with Crippen molar-refractivity contribution in [3.05, 3.63) is 0 Å². The van der Waals surface area contributed by atoms with E-state index in [1.807, 2.05) is 0 Å². The number of hydrogen-bond acceptors (Lipinski definition) is 3. The third-order valence-corrected chi connectivity index (χ3v) is 2.96. The Morgan fingerprint density at radius 2 is 2.20 bits per heavy atom. The molecule has 0 heterocycles. The summed E-state index contributed by atoms with van der Waals surface area (Å²) in [7, 11) is 2.33. The maximum absolute atomic E-state index is 9.97. The molecule has 0 saturated carbocycles. The van der Waals surface area contributed by atoms with Gasteiger partial charge in [0.15, 0.2) is 0 Å². The molecule has 0 aromatic heterocycles. The Bertz CT molecular complexity index is 95.7. The minimum absolute atomic E-state index is 0.790. The second kappa shape index (κ2) is 7.28. The molecule has 1 N–H and O–H groups in total. The van der Waals surface area contributed by atoms with Gasteiger partial charge in [-0.25, -0.2) is 4.79 Å². The van der Waals surface area contributed by atoms with Crippen LogP contribution in [0.25, 0.3) is 0 Å². The van der Waals surface area contributed by atoms with Gasteiger partial charge in [0, 0.05) is 16.5 Å². The van der Waals surface area contributed by atoms with Crippen molar-refractivity contribution in [3.8, 4) is 0 Å². The monoisotopic (exact) mass is 180 g/mol. The van der Waals surface area contributed by atoms with Gasteiger partial charge in [0.1, 0.15) is 0 Å². The van der Waals surface area contributed by atoms with Crippen LogP contribution in [-0.2, 0) is 0 Å². The standard InChI is InChI=1S/C6H12O2S2/c1-2-3-4-5-9-10-6(7)8/h2-5H2,1H3,(H,7,8). The lowest BCUT2D eigenvalue weighted by molar-refractivity contribution is 0.222. The molecule has 0 aliphatic rings. The quantitative estimate of drug-likeness (QED) is 0.520. The van der Waals surface area contributed by atoms with E-state index in [2.05, 4.69) is 6.92 Å². The largest absolute Gasteiger partial charge is 0.473 e. The van der Waals surface area contributed by atoms with Crippen molar-refractivity contribution in [1.82, 2.24) is 0 Å². The molecule has 0 aliphatic heterocycles. The second-order valence-electron chi connectivity index (χ2n) is 1.88. The van der Waals surface area contributed by atoms with Crippen LogP contribution < -0.4 is 0 Å². The lowest BCUT2D eigenvalue weighted by atomic mass is 10.3. The van der Waals surface area contributed by atoms with Gasteiger partial charge in [-0.2, -0.15) is 0 Å². The maximum Gasteiger partial charge on any atom is 0.375 e. The molecule has 0 saturated heterocycles. The van der Waals surface area contributed by atoms with Gasteiger partial charge in [0.2, 0.25) is 0 Å². The first kappa shape index (κ1) is 10.2. The van der Waals surface area contributed by atoms with Crippen molar-refractivity contribution in [3.63, 3.8) is 0 Å². The number of carboxylic acid groups (broad SMARTS) is 1. The SMILES string of the molecule is CCCCCSSC(=O)O. The highest BCUT2D eigenvalue weighted by atomic mass is 33.1. The molecule has 0 unspecified atom stereocenters. The highest BCUT2D eigenvalue weighted by Gasteiger charge is 1.96. The van der Waals surface area contributed by atoms with Crippen molar-refractivity contribution < 1.29 is 9.90 Å². The fourth-order valence-electron chi connectivity index (χ4n) is 0.503. The predicted molar refractivity (Wildman–Crippen MR) is 47.6 cm³/mol. The Balaban J connectivity index is 2.84. The molecule has 0 aliphatic carbocycles. The van der Waals surface area contributed by atoms with Gasteiger partial charge in [0.05, 0.1) is 0 Å². The van der Waals surface area contributed by atoms with E-state index in [0.717, 1.165) is 23.0 Å². The van der Waals surface area contributed by atoms with Crippen LogP contribution in [-0.4, -0.2) is 16.2 Å². The third kappa shape index (κ3) is 8.17. The van der Waals surface area contributed by atoms with Crippen LogP contribution in [0, 0.1) is 0 Å². The lowest BCUT2D eigenvalue weighted by Gasteiger charge is -1.94. The fraction of sp³-hybridized carbons (Fsp3) is 0.833. The van der Waals surface area contributed by atoms with Gasteiger partial charge in [-0.15, -0.1) is 0 Å². The van der Waals surface area contributed by atoms with E-state index in [-0.39, 0.29) is 0 Å². The number of rotatable bonds is 5. The van der Waals surface area contributed by atoms with Crippen LogP contribution in [0.3, 0.4) is 0 Å². The molecule has 60 valence electrons. The molecule has 2 nitrogen and oxygen atoms in total. The summed E-state index contributed by atoms with van der Waals surface area (Å²) >= 11 is 0. The second-order valence-corrected chi connectivity index (χ2v) is 4.25. The van der Waals surface area contributed by atoms with Crippen LogP contribution in [0.5, 0.6) is 0 Å². The van der Waals surface area contributed by atoms with E-state index in [1.165, 1.54) is 23.6 Å². The minimum atomic E-state index is -0.790. The van der Waals surface area contributed by atoms with Gasteiger partial charge >= 0.3 is 5.30 Å². The molecule has 4 heteroatoms. The van der Waals surface area contributed by atoms with Crippen molar-refractivity contribution >= 4 is 26.9 Å². The number of hydrogen-bond donors (Lipinski definition) is 1. The van der Waals surface area contributed by atoms with Crippen LogP contribution in [0.1, 0.15) is 26.2 Å². The first-order valence-electron chi connectivity index (χ1n) is 3.29. The Kier molecular flexibility index (Phi) is 7.40. The fourth-order valence-corrected chi connectivity index (χ4v) is 1.92. The van der Waals surface area contributed by atoms with Crippen LogP contribution in [0.4, 0.5) is 4.79 Å². The zero-order valence-corrected chi connectivity index (χ0v) is 7.63. The smallest absolute Gasteiger partial charge is 0.375 e. The minimum Gasteiger partial charge on any atom is -0.473 e. The van der Waals surface area contributed by atoms with Gasteiger partial charge in [0.25, 0.3) is 0 Å². The highest BCUT2D eigenvalue weighted by molar-refractivity contribution is 8.82. The van der Waals surface area contributed by atoms with Crippen LogP contribution in [0.15, 0.2) is 0 Å². The van der Waals surface area contributed by atoms with E-state index in [4.69, 9.17) is 5.11 Å². The van der Waals surface area contributed by atoms with Crippen LogP contribution in [0.2, 0.25) is 0 Å². The molecule has 0 aromatic rings. The highest BCUT2D eigenvalue weighted by Crippen LogP contribution is 2.22. The molecule has 0 radical (unpaired) electrons. The lowest BCUT2D eigenvalue weighted by Crippen LogP contribution is -1.80. The Hall–Kier alpha value is 0.170. The average molecular weight is 180 g/mol. The Morgan fingerprint density at radius 1 is 1.50 bits per heavy atom. The molecule has 0 bridgehead atoms. The molecule has 0 aromatic carbocycles.